The van der Waals surface area contributed by atoms with E-state index in [4.69, 9.17) is 0 Å². The normalized spacial score (nSPS) is 34.3. The van der Waals surface area contributed by atoms with Crippen molar-refractivity contribution in [3.05, 3.63) is 0 Å². The zero-order chi connectivity index (χ0) is 13.9. The Bertz CT molecular complexity index is 389. The molecule has 0 aromatic rings. The Hall–Kier alpha value is -0.170. The van der Waals surface area contributed by atoms with Gasteiger partial charge in [-0.1, -0.05) is 6.42 Å². The van der Waals surface area contributed by atoms with Crippen LogP contribution in [0, 0.1) is 0 Å². The number of β-amino-alcohol motifs (C(OH)–C–C–N with tert-alkyl or cyclic N) is 1. The summed E-state index contributed by atoms with van der Waals surface area (Å²) in [7, 11) is -3.22. The number of rotatable bonds is 4. The number of nitrogens with one attached hydrogen (secondary N) is 1. The van der Waals surface area contributed by atoms with E-state index < -0.39 is 15.6 Å². The van der Waals surface area contributed by atoms with E-state index in [2.05, 4.69) is 5.32 Å². The van der Waals surface area contributed by atoms with Crippen LogP contribution in [0.5, 0.6) is 0 Å². The van der Waals surface area contributed by atoms with E-state index in [1.807, 2.05) is 0 Å². The summed E-state index contributed by atoms with van der Waals surface area (Å²) in [6.45, 7) is 3.52. The monoisotopic (exact) mass is 290 g/mol. The lowest BCUT2D eigenvalue weighted by atomic mass is 9.97. The molecular formula is C13H26N2O3S. The van der Waals surface area contributed by atoms with E-state index >= 15 is 0 Å². The van der Waals surface area contributed by atoms with Gasteiger partial charge in [0.05, 0.1) is 11.4 Å². The lowest BCUT2D eigenvalue weighted by Gasteiger charge is -2.36. The summed E-state index contributed by atoms with van der Waals surface area (Å²) in [4.78, 5) is 0. The molecule has 2 atom stereocenters. The molecule has 112 valence electrons. The van der Waals surface area contributed by atoms with Gasteiger partial charge < -0.3 is 10.4 Å². The van der Waals surface area contributed by atoms with Crippen LogP contribution in [0.15, 0.2) is 0 Å². The minimum atomic E-state index is -3.22. The maximum atomic E-state index is 12.3. The van der Waals surface area contributed by atoms with Gasteiger partial charge in [-0.15, -0.1) is 0 Å². The van der Waals surface area contributed by atoms with Crippen molar-refractivity contribution in [1.29, 1.82) is 0 Å². The van der Waals surface area contributed by atoms with Crippen LogP contribution in [0.3, 0.4) is 0 Å². The van der Waals surface area contributed by atoms with Crippen LogP contribution in [0.1, 0.15) is 45.4 Å². The van der Waals surface area contributed by atoms with Crippen LogP contribution < -0.4 is 5.32 Å². The third kappa shape index (κ3) is 4.41. The number of piperidine rings is 2. The fourth-order valence-corrected chi connectivity index (χ4v) is 4.73. The minimum Gasteiger partial charge on any atom is -0.389 e. The summed E-state index contributed by atoms with van der Waals surface area (Å²) >= 11 is 0. The molecule has 2 fully saturated rings. The molecule has 0 aromatic carbocycles. The second kappa shape index (κ2) is 6.08. The zero-order valence-corrected chi connectivity index (χ0v) is 12.6. The van der Waals surface area contributed by atoms with Crippen molar-refractivity contribution < 1.29 is 13.5 Å². The van der Waals surface area contributed by atoms with E-state index in [1.165, 1.54) is 17.1 Å². The molecule has 0 bridgehead atoms. The molecule has 5 nitrogen and oxygen atoms in total. The first kappa shape index (κ1) is 15.2. The van der Waals surface area contributed by atoms with Crippen LogP contribution in [0.25, 0.3) is 0 Å². The van der Waals surface area contributed by atoms with Crippen molar-refractivity contribution in [2.75, 3.05) is 25.4 Å². The number of sulfonamides is 1. The molecule has 2 saturated heterocycles. The maximum Gasteiger partial charge on any atom is 0.214 e. The summed E-state index contributed by atoms with van der Waals surface area (Å²) in [6, 6.07) is 0.342. The van der Waals surface area contributed by atoms with Crippen molar-refractivity contribution in [1.82, 2.24) is 9.62 Å². The summed E-state index contributed by atoms with van der Waals surface area (Å²) in [6.07, 6.45) is 5.57. The summed E-state index contributed by atoms with van der Waals surface area (Å²) in [5, 5.41) is 13.4. The van der Waals surface area contributed by atoms with E-state index in [-0.39, 0.29) is 12.3 Å². The first-order valence-corrected chi connectivity index (χ1v) is 8.94. The molecule has 6 heteroatoms. The van der Waals surface area contributed by atoms with Gasteiger partial charge in [-0.25, -0.2) is 8.42 Å². The van der Waals surface area contributed by atoms with Crippen LogP contribution in [-0.4, -0.2) is 54.9 Å². The average Bonchev–Trinajstić information content (AvgIpc) is 2.37. The second-order valence-corrected chi connectivity index (χ2v) is 8.27. The van der Waals surface area contributed by atoms with Gasteiger partial charge in [-0.3, -0.25) is 0 Å². The third-order valence-corrected chi connectivity index (χ3v) is 6.02. The van der Waals surface area contributed by atoms with Crippen LogP contribution in [0.2, 0.25) is 0 Å². The lowest BCUT2D eigenvalue weighted by molar-refractivity contribution is 0.00939. The van der Waals surface area contributed by atoms with Gasteiger partial charge in [0.25, 0.3) is 0 Å². The Morgan fingerprint density at radius 1 is 1.37 bits per heavy atom. The van der Waals surface area contributed by atoms with Crippen molar-refractivity contribution in [3.63, 3.8) is 0 Å². The van der Waals surface area contributed by atoms with Gasteiger partial charge in [-0.05, 0) is 45.6 Å². The Morgan fingerprint density at radius 2 is 2.16 bits per heavy atom. The van der Waals surface area contributed by atoms with Gasteiger partial charge in [0, 0.05) is 19.1 Å². The molecule has 0 amide bonds. The summed E-state index contributed by atoms with van der Waals surface area (Å²) in [5.41, 5.74) is -0.867. The highest BCUT2D eigenvalue weighted by atomic mass is 32.2. The molecule has 2 aliphatic rings. The van der Waals surface area contributed by atoms with E-state index in [0.29, 0.717) is 25.4 Å². The molecule has 2 rings (SSSR count). The molecule has 0 spiro atoms. The van der Waals surface area contributed by atoms with Crippen LogP contribution in [-0.2, 0) is 10.0 Å². The van der Waals surface area contributed by atoms with Crippen LogP contribution in [0.4, 0.5) is 0 Å². The molecular weight excluding hydrogens is 264 g/mol. The number of nitrogens with zero attached hydrogens (tertiary/aromatic N) is 1. The average molecular weight is 290 g/mol. The molecule has 19 heavy (non-hydrogen) atoms. The molecule has 2 aliphatic heterocycles. The topological polar surface area (TPSA) is 69.6 Å². The van der Waals surface area contributed by atoms with E-state index in [1.54, 1.807) is 6.92 Å². The first-order valence-electron chi connectivity index (χ1n) is 7.33. The Balaban J connectivity index is 1.87. The molecule has 2 N–H and O–H groups in total. The Kier molecular flexibility index (Phi) is 4.87. The van der Waals surface area contributed by atoms with Crippen molar-refractivity contribution in [2.24, 2.45) is 0 Å². The van der Waals surface area contributed by atoms with Crippen molar-refractivity contribution >= 4 is 10.0 Å². The fraction of sp³-hybridized carbons (Fsp3) is 1.00. The molecule has 2 heterocycles. The molecule has 0 radical (unpaired) electrons. The van der Waals surface area contributed by atoms with Gasteiger partial charge >= 0.3 is 0 Å². The zero-order valence-electron chi connectivity index (χ0n) is 11.8. The molecule has 0 aromatic heterocycles. The second-order valence-electron chi connectivity index (χ2n) is 6.19. The molecule has 0 saturated carbocycles. The molecule has 2 unspecified atom stereocenters. The predicted octanol–water partition coefficient (Wildman–Crippen LogP) is 0.695. The number of hydrogen-bond acceptors (Lipinski definition) is 4. The molecule has 0 aliphatic carbocycles. The van der Waals surface area contributed by atoms with Crippen molar-refractivity contribution in [3.8, 4) is 0 Å². The Morgan fingerprint density at radius 3 is 2.79 bits per heavy atom. The standard InChI is InChI=1S/C13H26N2O3S/c1-13(16)7-4-9-15(11-13)19(17,18)10-6-12-5-2-3-8-14-12/h12,14,16H,2-11H2,1H3. The predicted molar refractivity (Wildman–Crippen MR) is 75.5 cm³/mol. The highest BCUT2D eigenvalue weighted by Crippen LogP contribution is 2.23. The lowest BCUT2D eigenvalue weighted by Crippen LogP contribution is -2.49. The first-order chi connectivity index (χ1) is 8.89. The van der Waals surface area contributed by atoms with Crippen molar-refractivity contribution in [2.45, 2.75) is 57.1 Å². The number of hydrogen-bond donors (Lipinski definition) is 2. The highest BCUT2D eigenvalue weighted by Gasteiger charge is 2.34. The minimum absolute atomic E-state index is 0.195. The maximum absolute atomic E-state index is 12.3. The smallest absolute Gasteiger partial charge is 0.214 e. The number of aliphatic hydroxyl groups is 1. The summed E-state index contributed by atoms with van der Waals surface area (Å²) < 4.78 is 26.1. The summed E-state index contributed by atoms with van der Waals surface area (Å²) in [5.74, 6) is 0.195. The SMILES string of the molecule is CC1(O)CCCN(S(=O)(=O)CCC2CCCCN2)C1. The van der Waals surface area contributed by atoms with E-state index in [0.717, 1.165) is 19.4 Å². The highest BCUT2D eigenvalue weighted by molar-refractivity contribution is 7.89. The van der Waals surface area contributed by atoms with Gasteiger partial charge in [0.2, 0.25) is 10.0 Å². The quantitative estimate of drug-likeness (QED) is 0.799. The van der Waals surface area contributed by atoms with Gasteiger partial charge in [0.1, 0.15) is 0 Å². The van der Waals surface area contributed by atoms with Gasteiger partial charge in [-0.2, -0.15) is 4.31 Å². The fourth-order valence-electron chi connectivity index (χ4n) is 3.00. The van der Waals surface area contributed by atoms with Crippen LogP contribution >= 0.6 is 0 Å². The van der Waals surface area contributed by atoms with E-state index in [9.17, 15) is 13.5 Å². The Labute approximate surface area is 116 Å². The van der Waals surface area contributed by atoms with Gasteiger partial charge in [0.15, 0.2) is 0 Å². The largest absolute Gasteiger partial charge is 0.389 e. The third-order valence-electron chi connectivity index (χ3n) is 4.17.